The van der Waals surface area contributed by atoms with Gasteiger partial charge in [-0.05, 0) is 42.6 Å². The average molecular weight is 370 g/mol. The molecule has 0 unspecified atom stereocenters. The smallest absolute Gasteiger partial charge is 0.238 e. The molecule has 2 aromatic heterocycles. The Balaban J connectivity index is 1.84. The Hall–Kier alpha value is -2.37. The van der Waals surface area contributed by atoms with Crippen molar-refractivity contribution in [2.45, 2.75) is 19.9 Å². The van der Waals surface area contributed by atoms with Crippen molar-refractivity contribution in [2.24, 2.45) is 0 Å². The van der Waals surface area contributed by atoms with Gasteiger partial charge in [-0.1, -0.05) is 29.3 Å². The first-order valence-electron chi connectivity index (χ1n) is 7.92. The minimum atomic E-state index is -0.292. The summed E-state index contributed by atoms with van der Waals surface area (Å²) in [5.74, 6) is -0.0757. The number of hydrogen-bond acceptors (Lipinski definition) is 4. The van der Waals surface area contributed by atoms with E-state index in [4.69, 9.17) is 11.6 Å². The summed E-state index contributed by atoms with van der Waals surface area (Å²) in [4.78, 5) is 17.7. The van der Waals surface area contributed by atoms with Crippen molar-refractivity contribution in [3.05, 3.63) is 69.0 Å². The van der Waals surface area contributed by atoms with Crippen molar-refractivity contribution in [3.63, 3.8) is 0 Å². The largest absolute Gasteiger partial charge is 0.294 e. The second-order valence-electron chi connectivity index (χ2n) is 6.07. The highest BCUT2D eigenvalue weighted by Gasteiger charge is 2.31. The fourth-order valence-electron chi connectivity index (χ4n) is 3.04. The van der Waals surface area contributed by atoms with Gasteiger partial charge in [0.15, 0.2) is 0 Å². The summed E-state index contributed by atoms with van der Waals surface area (Å²) in [6, 6.07) is 11.8. The summed E-state index contributed by atoms with van der Waals surface area (Å²) in [5, 5.41) is 5.04. The van der Waals surface area contributed by atoms with E-state index in [2.05, 4.69) is 16.5 Å². The van der Waals surface area contributed by atoms with Gasteiger partial charge in [0, 0.05) is 17.9 Å². The van der Waals surface area contributed by atoms with Crippen LogP contribution in [0.1, 0.15) is 29.0 Å². The van der Waals surface area contributed by atoms with Crippen molar-refractivity contribution in [1.29, 1.82) is 0 Å². The van der Waals surface area contributed by atoms with Crippen molar-refractivity contribution in [1.82, 2.24) is 15.4 Å². The molecule has 0 radical (unpaired) electrons. The predicted molar refractivity (Wildman–Crippen MR) is 102 cm³/mol. The van der Waals surface area contributed by atoms with E-state index in [1.807, 2.05) is 48.7 Å². The zero-order chi connectivity index (χ0) is 17.6. The molecule has 1 aromatic carbocycles. The SMILES string of the molecule is CC(=O)N1NC(c2cccs2)=C[C@H]1c1cc2cc(C)ccc2nc1Cl. The summed E-state index contributed by atoms with van der Waals surface area (Å²) >= 11 is 8.08. The predicted octanol–water partition coefficient (Wildman–Crippen LogP) is 4.71. The zero-order valence-corrected chi connectivity index (χ0v) is 15.4. The number of carbonyl (C=O) groups excluding carboxylic acids is 1. The Morgan fingerprint density at radius 2 is 2.16 bits per heavy atom. The van der Waals surface area contributed by atoms with E-state index >= 15 is 0 Å². The quantitative estimate of drug-likeness (QED) is 0.665. The van der Waals surface area contributed by atoms with Gasteiger partial charge >= 0.3 is 0 Å². The van der Waals surface area contributed by atoms with E-state index in [-0.39, 0.29) is 11.9 Å². The number of nitrogens with zero attached hydrogens (tertiary/aromatic N) is 2. The first kappa shape index (κ1) is 16.1. The van der Waals surface area contributed by atoms with E-state index in [1.54, 1.807) is 16.3 Å². The fraction of sp³-hybridized carbons (Fsp3) is 0.158. The number of fused-ring (bicyclic) bond motifs is 1. The molecule has 6 heteroatoms. The molecule has 0 spiro atoms. The molecular formula is C19H16ClN3OS. The van der Waals surface area contributed by atoms with Gasteiger partial charge in [-0.25, -0.2) is 9.99 Å². The number of aromatic nitrogens is 1. The molecule has 0 fully saturated rings. The lowest BCUT2D eigenvalue weighted by molar-refractivity contribution is -0.132. The number of halogens is 1. The van der Waals surface area contributed by atoms with Crippen molar-refractivity contribution in [3.8, 4) is 0 Å². The maximum atomic E-state index is 12.1. The molecule has 3 heterocycles. The molecule has 1 aliphatic heterocycles. The number of rotatable bonds is 2. The highest BCUT2D eigenvalue weighted by Crippen LogP contribution is 2.36. The molecule has 3 aromatic rings. The Morgan fingerprint density at radius 3 is 2.88 bits per heavy atom. The van der Waals surface area contributed by atoms with Crippen LogP contribution in [0.15, 0.2) is 47.9 Å². The zero-order valence-electron chi connectivity index (χ0n) is 13.8. The molecule has 4 rings (SSSR count). The molecule has 0 bridgehead atoms. The van der Waals surface area contributed by atoms with Crippen LogP contribution in [0.4, 0.5) is 0 Å². The van der Waals surface area contributed by atoms with Crippen molar-refractivity contribution < 1.29 is 4.79 Å². The maximum Gasteiger partial charge on any atom is 0.238 e. The normalized spacial score (nSPS) is 16.8. The van der Waals surface area contributed by atoms with E-state index in [0.717, 1.165) is 32.6 Å². The van der Waals surface area contributed by atoms with Gasteiger partial charge < -0.3 is 0 Å². The van der Waals surface area contributed by atoms with Crippen LogP contribution in [0, 0.1) is 6.92 Å². The van der Waals surface area contributed by atoms with Crippen LogP contribution in [0.5, 0.6) is 0 Å². The average Bonchev–Trinajstić information content (AvgIpc) is 3.23. The van der Waals surface area contributed by atoms with Crippen LogP contribution in [-0.2, 0) is 4.79 Å². The number of hydrogen-bond donors (Lipinski definition) is 1. The standard InChI is InChI=1S/C19H16ClN3OS/c1-11-5-6-15-13(8-11)9-14(19(20)21-15)17-10-16(18-4-3-7-25-18)22-23(17)12(2)24/h3-10,17,22H,1-2H3/t17-/m0/s1. The summed E-state index contributed by atoms with van der Waals surface area (Å²) in [6.07, 6.45) is 2.03. The van der Waals surface area contributed by atoms with Gasteiger partial charge in [-0.2, -0.15) is 0 Å². The monoisotopic (exact) mass is 369 g/mol. The first-order chi connectivity index (χ1) is 12.0. The Labute approximate surface area is 154 Å². The van der Waals surface area contributed by atoms with Crippen molar-refractivity contribution in [2.75, 3.05) is 0 Å². The van der Waals surface area contributed by atoms with E-state index in [1.165, 1.54) is 6.92 Å². The van der Waals surface area contributed by atoms with Gasteiger partial charge in [-0.15, -0.1) is 11.3 Å². The molecule has 0 saturated heterocycles. The highest BCUT2D eigenvalue weighted by atomic mass is 35.5. The number of amides is 1. The molecule has 25 heavy (non-hydrogen) atoms. The molecule has 126 valence electrons. The second-order valence-corrected chi connectivity index (χ2v) is 7.37. The van der Waals surface area contributed by atoms with Gasteiger partial charge in [0.2, 0.25) is 5.91 Å². The number of thiophene rings is 1. The second kappa shape index (κ2) is 6.17. The Morgan fingerprint density at radius 1 is 1.32 bits per heavy atom. The minimum Gasteiger partial charge on any atom is -0.294 e. The third kappa shape index (κ3) is 2.90. The lowest BCUT2D eigenvalue weighted by atomic mass is 10.0. The Kier molecular flexibility index (Phi) is 3.98. The third-order valence-corrected chi connectivity index (χ3v) is 5.44. The number of aryl methyl sites for hydroxylation is 1. The summed E-state index contributed by atoms with van der Waals surface area (Å²) in [7, 11) is 0. The molecule has 1 aliphatic rings. The van der Waals surface area contributed by atoms with Gasteiger partial charge in [0.05, 0.1) is 16.1 Å². The highest BCUT2D eigenvalue weighted by molar-refractivity contribution is 7.11. The number of benzene rings is 1. The molecule has 0 saturated carbocycles. The Bertz CT molecular complexity index is 997. The number of carbonyl (C=O) groups is 1. The number of hydrazine groups is 1. The van der Waals surface area contributed by atoms with Crippen LogP contribution in [0.3, 0.4) is 0 Å². The third-order valence-electron chi connectivity index (χ3n) is 4.24. The molecular weight excluding hydrogens is 354 g/mol. The van der Waals surface area contributed by atoms with Crippen LogP contribution in [-0.4, -0.2) is 15.9 Å². The van der Waals surface area contributed by atoms with Gasteiger partial charge in [0.1, 0.15) is 11.2 Å². The summed E-state index contributed by atoms with van der Waals surface area (Å²) in [6.45, 7) is 3.58. The number of pyridine rings is 1. The van der Waals surface area contributed by atoms with E-state index in [9.17, 15) is 4.79 Å². The van der Waals surface area contributed by atoms with Crippen molar-refractivity contribution >= 4 is 45.4 Å². The molecule has 1 N–H and O–H groups in total. The van der Waals surface area contributed by atoms with Crippen LogP contribution >= 0.6 is 22.9 Å². The molecule has 4 nitrogen and oxygen atoms in total. The first-order valence-corrected chi connectivity index (χ1v) is 9.17. The topological polar surface area (TPSA) is 45.2 Å². The minimum absolute atomic E-state index is 0.0757. The summed E-state index contributed by atoms with van der Waals surface area (Å²) < 4.78 is 0. The molecule has 1 atom stereocenters. The van der Waals surface area contributed by atoms with E-state index in [0.29, 0.717) is 5.15 Å². The number of nitrogens with one attached hydrogen (secondary N) is 1. The van der Waals surface area contributed by atoms with Gasteiger partial charge in [-0.3, -0.25) is 10.2 Å². The molecule has 0 aliphatic carbocycles. The lowest BCUT2D eigenvalue weighted by Gasteiger charge is -2.24. The van der Waals surface area contributed by atoms with Crippen LogP contribution in [0.25, 0.3) is 16.6 Å². The van der Waals surface area contributed by atoms with Crippen LogP contribution < -0.4 is 5.43 Å². The van der Waals surface area contributed by atoms with Gasteiger partial charge in [0.25, 0.3) is 0 Å². The maximum absolute atomic E-state index is 12.1. The lowest BCUT2D eigenvalue weighted by Crippen LogP contribution is -2.37. The van der Waals surface area contributed by atoms with E-state index < -0.39 is 0 Å². The molecule has 1 amide bonds. The van der Waals surface area contributed by atoms with Crippen LogP contribution in [0.2, 0.25) is 5.15 Å². The fourth-order valence-corrected chi connectivity index (χ4v) is 4.00. The summed E-state index contributed by atoms with van der Waals surface area (Å²) in [5.41, 5.74) is 6.93.